The maximum Gasteiger partial charge on any atom is 0.119 e. The first-order valence-electron chi connectivity index (χ1n) is 5.82. The molecule has 0 fully saturated rings. The van der Waals surface area contributed by atoms with E-state index in [1.54, 1.807) is 7.11 Å². The highest BCUT2D eigenvalue weighted by Crippen LogP contribution is 2.10. The zero-order chi connectivity index (χ0) is 12.5. The molecule has 0 unspecified atom stereocenters. The van der Waals surface area contributed by atoms with Gasteiger partial charge in [0.25, 0.3) is 0 Å². The molecular formula is C16H20O. The number of methoxy groups -OCH3 is 1. The summed E-state index contributed by atoms with van der Waals surface area (Å²) in [6.45, 7) is 4.18. The van der Waals surface area contributed by atoms with E-state index in [9.17, 15) is 0 Å². The van der Waals surface area contributed by atoms with Crippen LogP contribution in [0.25, 0.3) is 0 Å². The summed E-state index contributed by atoms with van der Waals surface area (Å²) in [7, 11) is 1.68. The van der Waals surface area contributed by atoms with Gasteiger partial charge in [-0.15, -0.1) is 0 Å². The largest absolute Gasteiger partial charge is 0.497 e. The molecule has 0 atom stereocenters. The minimum Gasteiger partial charge on any atom is -0.497 e. The summed E-state index contributed by atoms with van der Waals surface area (Å²) in [6.07, 6.45) is 11.6. The predicted molar refractivity (Wildman–Crippen MR) is 74.4 cm³/mol. The Morgan fingerprint density at radius 2 is 1.88 bits per heavy atom. The van der Waals surface area contributed by atoms with E-state index in [-0.39, 0.29) is 0 Å². The molecule has 1 aromatic rings. The summed E-state index contributed by atoms with van der Waals surface area (Å²) in [5, 5.41) is 0. The molecule has 0 bridgehead atoms. The van der Waals surface area contributed by atoms with Gasteiger partial charge in [-0.25, -0.2) is 0 Å². The second-order valence-electron chi connectivity index (χ2n) is 4.05. The molecule has 0 spiro atoms. The molecule has 1 aliphatic carbocycles. The number of hydrogen-bond donors (Lipinski definition) is 0. The van der Waals surface area contributed by atoms with Crippen LogP contribution in [0.4, 0.5) is 0 Å². The third kappa shape index (κ3) is 5.76. The van der Waals surface area contributed by atoms with Gasteiger partial charge in [0.15, 0.2) is 0 Å². The zero-order valence-corrected chi connectivity index (χ0v) is 10.8. The van der Waals surface area contributed by atoms with E-state index >= 15 is 0 Å². The molecule has 1 heteroatoms. The Balaban J connectivity index is 0.000000171. The molecule has 0 amide bonds. The van der Waals surface area contributed by atoms with E-state index in [1.807, 2.05) is 31.2 Å². The van der Waals surface area contributed by atoms with Gasteiger partial charge in [0.2, 0.25) is 0 Å². The Kier molecular flexibility index (Phi) is 5.87. The van der Waals surface area contributed by atoms with Crippen molar-refractivity contribution in [2.75, 3.05) is 7.11 Å². The Labute approximate surface area is 104 Å². The van der Waals surface area contributed by atoms with Crippen LogP contribution in [0, 0.1) is 6.92 Å². The van der Waals surface area contributed by atoms with Crippen LogP contribution in [0.5, 0.6) is 5.75 Å². The molecule has 0 saturated heterocycles. The summed E-state index contributed by atoms with van der Waals surface area (Å²) in [5.41, 5.74) is 2.66. The molecule has 1 nitrogen and oxygen atoms in total. The lowest BCUT2D eigenvalue weighted by atomic mass is 10.2. The summed E-state index contributed by atoms with van der Waals surface area (Å²) in [6, 6.07) is 7.96. The lowest BCUT2D eigenvalue weighted by molar-refractivity contribution is 0.414. The highest BCUT2D eigenvalue weighted by molar-refractivity contribution is 5.27. The molecule has 2 rings (SSSR count). The Bertz CT molecular complexity index is 425. The van der Waals surface area contributed by atoms with Crippen molar-refractivity contribution in [3.63, 3.8) is 0 Å². The van der Waals surface area contributed by atoms with Gasteiger partial charge in [-0.3, -0.25) is 0 Å². The van der Waals surface area contributed by atoms with Crippen LogP contribution in [-0.2, 0) is 0 Å². The van der Waals surface area contributed by atoms with Gasteiger partial charge >= 0.3 is 0 Å². The van der Waals surface area contributed by atoms with Gasteiger partial charge in [-0.05, 0) is 38.0 Å². The molecule has 0 aliphatic heterocycles. The lowest BCUT2D eigenvalue weighted by Crippen LogP contribution is -1.81. The van der Waals surface area contributed by atoms with Crippen molar-refractivity contribution in [2.24, 2.45) is 0 Å². The van der Waals surface area contributed by atoms with E-state index in [0.29, 0.717) is 0 Å². The van der Waals surface area contributed by atoms with Crippen LogP contribution in [0.2, 0.25) is 0 Å². The number of aryl methyl sites for hydroxylation is 1. The van der Waals surface area contributed by atoms with E-state index in [0.717, 1.165) is 12.2 Å². The van der Waals surface area contributed by atoms with Gasteiger partial charge in [0.1, 0.15) is 5.75 Å². The first-order valence-corrected chi connectivity index (χ1v) is 5.82. The fraction of sp³-hybridized carbons (Fsp3) is 0.250. The molecule has 0 saturated carbocycles. The van der Waals surface area contributed by atoms with Crippen molar-refractivity contribution in [3.8, 4) is 5.75 Å². The summed E-state index contributed by atoms with van der Waals surface area (Å²) in [4.78, 5) is 0. The topological polar surface area (TPSA) is 9.23 Å². The molecule has 0 radical (unpaired) electrons. The molecule has 17 heavy (non-hydrogen) atoms. The van der Waals surface area contributed by atoms with Gasteiger partial charge in [0, 0.05) is 0 Å². The smallest absolute Gasteiger partial charge is 0.119 e. The van der Waals surface area contributed by atoms with Crippen molar-refractivity contribution in [2.45, 2.75) is 20.3 Å². The van der Waals surface area contributed by atoms with E-state index in [2.05, 4.69) is 37.3 Å². The molecule has 0 heterocycles. The van der Waals surface area contributed by atoms with Crippen LogP contribution in [0.3, 0.4) is 0 Å². The van der Waals surface area contributed by atoms with Crippen LogP contribution >= 0.6 is 0 Å². The molecule has 90 valence electrons. The average Bonchev–Trinajstić information content (AvgIpc) is 2.58. The van der Waals surface area contributed by atoms with Crippen molar-refractivity contribution < 1.29 is 4.74 Å². The molecule has 1 aliphatic rings. The SMILES string of the molecule is CC1=CC=CC=CC1.COc1cccc(C)c1. The maximum absolute atomic E-state index is 5.00. The highest BCUT2D eigenvalue weighted by Gasteiger charge is 1.86. The summed E-state index contributed by atoms with van der Waals surface area (Å²) >= 11 is 0. The number of benzene rings is 1. The van der Waals surface area contributed by atoms with E-state index in [1.165, 1.54) is 11.1 Å². The molecule has 1 aromatic carbocycles. The quantitative estimate of drug-likeness (QED) is 0.690. The van der Waals surface area contributed by atoms with Crippen molar-refractivity contribution in [1.29, 1.82) is 0 Å². The second kappa shape index (κ2) is 7.50. The standard InChI is InChI=1S/C8H10O.C8H10/c1-7-4-3-5-8(6-7)9-2;1-8-6-4-2-3-5-7-8/h3-6H,1-2H3;2-6H,7H2,1H3. The van der Waals surface area contributed by atoms with Gasteiger partial charge < -0.3 is 4.74 Å². The first kappa shape index (κ1) is 13.3. The fourth-order valence-corrected chi connectivity index (χ4v) is 1.43. The van der Waals surface area contributed by atoms with Gasteiger partial charge in [-0.1, -0.05) is 48.1 Å². The lowest BCUT2D eigenvalue weighted by Gasteiger charge is -1.97. The van der Waals surface area contributed by atoms with Crippen molar-refractivity contribution >= 4 is 0 Å². The van der Waals surface area contributed by atoms with Gasteiger partial charge in [-0.2, -0.15) is 0 Å². The van der Waals surface area contributed by atoms with Crippen LogP contribution in [0.15, 0.2) is 60.2 Å². The van der Waals surface area contributed by atoms with Crippen LogP contribution in [0.1, 0.15) is 18.9 Å². The van der Waals surface area contributed by atoms with E-state index < -0.39 is 0 Å². The predicted octanol–water partition coefficient (Wildman–Crippen LogP) is 4.45. The zero-order valence-electron chi connectivity index (χ0n) is 10.8. The van der Waals surface area contributed by atoms with Gasteiger partial charge in [0.05, 0.1) is 7.11 Å². The molecular weight excluding hydrogens is 208 g/mol. The minimum atomic E-state index is 0.926. The second-order valence-corrected chi connectivity index (χ2v) is 4.05. The monoisotopic (exact) mass is 228 g/mol. The average molecular weight is 228 g/mol. The number of ether oxygens (including phenoxy) is 1. The summed E-state index contributed by atoms with van der Waals surface area (Å²) in [5.74, 6) is 0.926. The Morgan fingerprint density at radius 1 is 1.06 bits per heavy atom. The number of hydrogen-bond acceptors (Lipinski definition) is 1. The highest BCUT2D eigenvalue weighted by atomic mass is 16.5. The number of allylic oxidation sites excluding steroid dienone is 6. The Morgan fingerprint density at radius 3 is 2.53 bits per heavy atom. The Hall–Kier alpha value is -1.76. The van der Waals surface area contributed by atoms with Crippen molar-refractivity contribution in [3.05, 3.63) is 65.8 Å². The summed E-state index contributed by atoms with van der Waals surface area (Å²) < 4.78 is 5.00. The first-order chi connectivity index (χ1) is 8.22. The molecule has 0 N–H and O–H groups in total. The third-order valence-electron chi connectivity index (χ3n) is 2.40. The van der Waals surface area contributed by atoms with E-state index in [4.69, 9.17) is 4.74 Å². The van der Waals surface area contributed by atoms with Crippen LogP contribution < -0.4 is 4.74 Å². The van der Waals surface area contributed by atoms with Crippen LogP contribution in [-0.4, -0.2) is 7.11 Å². The third-order valence-corrected chi connectivity index (χ3v) is 2.40. The fourth-order valence-electron chi connectivity index (χ4n) is 1.43. The van der Waals surface area contributed by atoms with Crippen molar-refractivity contribution in [1.82, 2.24) is 0 Å². The minimum absolute atomic E-state index is 0.926. The molecule has 0 aromatic heterocycles. The normalized spacial score (nSPS) is 13.2. The maximum atomic E-state index is 5.00. The number of rotatable bonds is 1.